The molecule has 2 aliphatic rings. The van der Waals surface area contributed by atoms with Gasteiger partial charge in [0.2, 0.25) is 0 Å². The van der Waals surface area contributed by atoms with Crippen LogP contribution >= 0.6 is 11.6 Å². The molecule has 106 valence electrons. The van der Waals surface area contributed by atoms with Crippen LogP contribution in [0.2, 0.25) is 5.02 Å². The molecule has 3 N–H and O–H groups in total. The van der Waals surface area contributed by atoms with Gasteiger partial charge in [0, 0.05) is 25.6 Å². The number of hydrogen-bond donors (Lipinski definition) is 2. The van der Waals surface area contributed by atoms with E-state index in [-0.39, 0.29) is 28.1 Å². The summed E-state index contributed by atoms with van der Waals surface area (Å²) in [6.45, 7) is 0.633. The lowest BCUT2D eigenvalue weighted by molar-refractivity contribution is -0.00928. The van der Waals surface area contributed by atoms with E-state index >= 15 is 0 Å². The van der Waals surface area contributed by atoms with Crippen molar-refractivity contribution in [3.8, 4) is 0 Å². The summed E-state index contributed by atoms with van der Waals surface area (Å²) >= 11 is 5.86. The second-order valence-corrected chi connectivity index (χ2v) is 6.97. The van der Waals surface area contributed by atoms with Gasteiger partial charge in [-0.05, 0) is 6.42 Å². The summed E-state index contributed by atoms with van der Waals surface area (Å²) in [6, 6.07) is -0.613. The third-order valence-electron chi connectivity index (χ3n) is 3.83. The van der Waals surface area contributed by atoms with Gasteiger partial charge in [0.25, 0.3) is 10.0 Å². The van der Waals surface area contributed by atoms with E-state index in [9.17, 15) is 8.42 Å². The molecule has 2 fully saturated rings. The molecule has 1 saturated heterocycles. The van der Waals surface area contributed by atoms with Gasteiger partial charge in [-0.3, -0.25) is 4.68 Å². The number of nitrogens with zero attached hydrogens (tertiary/aromatic N) is 2. The van der Waals surface area contributed by atoms with Crippen LogP contribution < -0.4 is 10.5 Å². The molecule has 7 nitrogen and oxygen atoms in total. The number of halogens is 1. The van der Waals surface area contributed by atoms with Crippen molar-refractivity contribution in [2.75, 3.05) is 6.61 Å². The number of aromatic nitrogens is 2. The van der Waals surface area contributed by atoms with Gasteiger partial charge in [0.1, 0.15) is 0 Å². The fraction of sp³-hybridized carbons (Fsp3) is 0.700. The van der Waals surface area contributed by atoms with E-state index in [1.54, 1.807) is 0 Å². The Balaban J connectivity index is 1.83. The van der Waals surface area contributed by atoms with Crippen molar-refractivity contribution >= 4 is 21.6 Å². The zero-order valence-electron chi connectivity index (χ0n) is 10.3. The predicted octanol–water partition coefficient (Wildman–Crippen LogP) is -0.534. The second-order valence-electron chi connectivity index (χ2n) is 4.93. The van der Waals surface area contributed by atoms with Crippen LogP contribution in [-0.4, -0.2) is 43.0 Å². The van der Waals surface area contributed by atoms with Crippen LogP contribution in [-0.2, 0) is 21.8 Å². The van der Waals surface area contributed by atoms with Gasteiger partial charge in [0.05, 0.1) is 23.4 Å². The molecular weight excluding hydrogens is 292 g/mol. The minimum absolute atomic E-state index is 0.0530. The number of nitrogens with one attached hydrogen (secondary N) is 1. The van der Waals surface area contributed by atoms with Crippen molar-refractivity contribution < 1.29 is 13.2 Å². The number of nitrogens with two attached hydrogens (primary N) is 1. The highest BCUT2D eigenvalue weighted by Gasteiger charge is 2.53. The first-order valence-corrected chi connectivity index (χ1v) is 7.85. The number of hydrogen-bond acceptors (Lipinski definition) is 5. The standard InChI is InChI=1S/C10H15ClN4O3S/c1-15-10(6(11)4-13-15)19(16,17)14-8-7(12)5-2-3-18-9(5)8/h4-5,7-9,14H,2-3,12H2,1H3. The van der Waals surface area contributed by atoms with Gasteiger partial charge < -0.3 is 10.5 Å². The Morgan fingerprint density at radius 3 is 3.00 bits per heavy atom. The highest BCUT2D eigenvalue weighted by molar-refractivity contribution is 7.89. The van der Waals surface area contributed by atoms with Crippen molar-refractivity contribution in [3.63, 3.8) is 0 Å². The summed E-state index contributed by atoms with van der Waals surface area (Å²) in [5.74, 6) is 0.245. The molecule has 1 saturated carbocycles. The Hall–Kier alpha value is -0.670. The first-order chi connectivity index (χ1) is 8.92. The van der Waals surface area contributed by atoms with Gasteiger partial charge in [-0.2, -0.15) is 5.10 Å². The molecule has 1 aromatic rings. The molecule has 19 heavy (non-hydrogen) atoms. The second kappa shape index (κ2) is 4.42. The molecule has 3 rings (SSSR count). The first-order valence-electron chi connectivity index (χ1n) is 5.99. The van der Waals surface area contributed by atoms with Crippen LogP contribution in [0.4, 0.5) is 0 Å². The molecule has 4 unspecified atom stereocenters. The largest absolute Gasteiger partial charge is 0.376 e. The normalized spacial score (nSPS) is 34.1. The summed E-state index contributed by atoms with van der Waals surface area (Å²) < 4.78 is 33.9. The summed E-state index contributed by atoms with van der Waals surface area (Å²) in [6.07, 6.45) is 2.05. The van der Waals surface area contributed by atoms with E-state index in [0.717, 1.165) is 6.42 Å². The predicted molar refractivity (Wildman–Crippen MR) is 68.1 cm³/mol. The van der Waals surface area contributed by atoms with Crippen LogP contribution in [0.25, 0.3) is 0 Å². The lowest BCUT2D eigenvalue weighted by atomic mass is 9.73. The van der Waals surface area contributed by atoms with Gasteiger partial charge in [-0.15, -0.1) is 0 Å². The van der Waals surface area contributed by atoms with Crippen molar-refractivity contribution in [2.45, 2.75) is 29.6 Å². The Morgan fingerprint density at radius 2 is 2.37 bits per heavy atom. The maximum absolute atomic E-state index is 12.3. The van der Waals surface area contributed by atoms with E-state index in [2.05, 4.69) is 9.82 Å². The molecule has 0 aromatic carbocycles. The van der Waals surface area contributed by atoms with Crippen LogP contribution in [0.3, 0.4) is 0 Å². The monoisotopic (exact) mass is 306 g/mol. The van der Waals surface area contributed by atoms with E-state index in [1.165, 1.54) is 17.9 Å². The summed E-state index contributed by atoms with van der Waals surface area (Å²) in [7, 11) is -2.23. The number of sulfonamides is 1. The maximum Gasteiger partial charge on any atom is 0.259 e. The number of rotatable bonds is 3. The smallest absolute Gasteiger partial charge is 0.259 e. The molecule has 1 aliphatic carbocycles. The van der Waals surface area contributed by atoms with Crippen molar-refractivity contribution in [1.29, 1.82) is 0 Å². The molecule has 1 aromatic heterocycles. The lowest BCUT2D eigenvalue weighted by Crippen LogP contribution is -2.68. The number of ether oxygens (including phenoxy) is 1. The quantitative estimate of drug-likeness (QED) is 0.782. The maximum atomic E-state index is 12.3. The molecule has 9 heteroatoms. The number of aryl methyl sites for hydroxylation is 1. The average molecular weight is 307 g/mol. The van der Waals surface area contributed by atoms with Crippen molar-refractivity contribution in [2.24, 2.45) is 18.7 Å². The average Bonchev–Trinajstić information content (AvgIpc) is 2.91. The highest BCUT2D eigenvalue weighted by atomic mass is 35.5. The molecule has 1 aliphatic heterocycles. The lowest BCUT2D eigenvalue weighted by Gasteiger charge is -2.45. The van der Waals surface area contributed by atoms with E-state index < -0.39 is 16.1 Å². The van der Waals surface area contributed by atoms with Gasteiger partial charge in [-0.25, -0.2) is 13.1 Å². The van der Waals surface area contributed by atoms with Crippen LogP contribution in [0.15, 0.2) is 11.2 Å². The van der Waals surface area contributed by atoms with Crippen molar-refractivity contribution in [3.05, 3.63) is 11.2 Å². The van der Waals surface area contributed by atoms with E-state index in [0.29, 0.717) is 6.61 Å². The summed E-state index contributed by atoms with van der Waals surface area (Å²) in [4.78, 5) is 0. The third kappa shape index (κ3) is 1.98. The van der Waals surface area contributed by atoms with E-state index in [4.69, 9.17) is 22.1 Å². The Kier molecular flexibility index (Phi) is 3.10. The Labute approximate surface area is 116 Å². The highest BCUT2D eigenvalue weighted by Crippen LogP contribution is 2.38. The third-order valence-corrected chi connectivity index (χ3v) is 5.80. The molecular formula is C10H15ClN4O3S. The molecule has 0 radical (unpaired) electrons. The molecule has 0 spiro atoms. The fourth-order valence-electron chi connectivity index (χ4n) is 2.83. The van der Waals surface area contributed by atoms with Crippen LogP contribution in [0.1, 0.15) is 6.42 Å². The number of fused-ring (bicyclic) bond motifs is 1. The first kappa shape index (κ1) is 13.3. The minimum Gasteiger partial charge on any atom is -0.376 e. The zero-order chi connectivity index (χ0) is 13.8. The molecule has 0 amide bonds. The van der Waals surface area contributed by atoms with Gasteiger partial charge >= 0.3 is 0 Å². The minimum atomic E-state index is -3.75. The zero-order valence-corrected chi connectivity index (χ0v) is 11.9. The van der Waals surface area contributed by atoms with Crippen LogP contribution in [0, 0.1) is 5.92 Å². The van der Waals surface area contributed by atoms with Gasteiger partial charge in [0.15, 0.2) is 5.03 Å². The fourth-order valence-corrected chi connectivity index (χ4v) is 4.77. The van der Waals surface area contributed by atoms with Crippen LogP contribution in [0.5, 0.6) is 0 Å². The Bertz CT molecular complexity index is 582. The molecule has 2 heterocycles. The summed E-state index contributed by atoms with van der Waals surface area (Å²) in [5, 5.41) is 3.86. The molecule has 0 bridgehead atoms. The Morgan fingerprint density at radius 1 is 1.63 bits per heavy atom. The van der Waals surface area contributed by atoms with Crippen molar-refractivity contribution in [1.82, 2.24) is 14.5 Å². The molecule has 4 atom stereocenters. The summed E-state index contributed by atoms with van der Waals surface area (Å²) in [5.41, 5.74) is 5.98. The van der Waals surface area contributed by atoms with E-state index in [1.807, 2.05) is 0 Å². The van der Waals surface area contributed by atoms with Gasteiger partial charge in [-0.1, -0.05) is 11.6 Å². The SMILES string of the molecule is Cn1ncc(Cl)c1S(=O)(=O)NC1C(N)C2CCOC21. The topological polar surface area (TPSA) is 99.2 Å².